The van der Waals surface area contributed by atoms with Crippen molar-refractivity contribution in [1.82, 2.24) is 0 Å². The number of anilines is 1. The van der Waals surface area contributed by atoms with E-state index < -0.39 is 22.2 Å². The lowest BCUT2D eigenvalue weighted by Gasteiger charge is -2.19. The largest absolute Gasteiger partial charge is 0.383 e. The minimum atomic E-state index is -1.18. The van der Waals surface area contributed by atoms with Crippen LogP contribution >= 0.6 is 0 Å². The molecule has 1 aromatic rings. The van der Waals surface area contributed by atoms with Crippen LogP contribution in [-0.2, 0) is 4.74 Å². The Morgan fingerprint density at radius 3 is 2.68 bits per heavy atom. The van der Waals surface area contributed by atoms with Crippen molar-refractivity contribution in [3.63, 3.8) is 0 Å². The number of nitrogens with zero attached hydrogens (tertiary/aromatic N) is 1. The van der Waals surface area contributed by atoms with Gasteiger partial charge in [0, 0.05) is 19.2 Å². The molecule has 0 saturated heterocycles. The highest BCUT2D eigenvalue weighted by molar-refractivity contribution is 5.53. The fourth-order valence-corrected chi connectivity index (χ4v) is 1.96. The van der Waals surface area contributed by atoms with E-state index in [-0.39, 0.29) is 11.7 Å². The molecule has 0 heterocycles. The predicted molar refractivity (Wildman–Crippen MR) is 65.0 cm³/mol. The minimum Gasteiger partial charge on any atom is -0.383 e. The van der Waals surface area contributed by atoms with Crippen LogP contribution in [0.15, 0.2) is 12.1 Å². The number of ether oxygens (including phenoxy) is 1. The number of halogens is 2. The average molecular weight is 272 g/mol. The topological polar surface area (TPSA) is 64.4 Å². The molecule has 0 bridgehead atoms. The number of hydrogen-bond acceptors (Lipinski definition) is 4. The van der Waals surface area contributed by atoms with E-state index in [4.69, 9.17) is 4.74 Å². The Bertz CT molecular complexity index is 492. The number of hydrogen-bond donors (Lipinski definition) is 1. The van der Waals surface area contributed by atoms with Gasteiger partial charge in [0.05, 0.1) is 23.3 Å². The normalized spacial score (nSPS) is 16.2. The van der Waals surface area contributed by atoms with Gasteiger partial charge in [0.15, 0.2) is 0 Å². The van der Waals surface area contributed by atoms with Crippen LogP contribution in [0.5, 0.6) is 0 Å². The summed E-state index contributed by atoms with van der Waals surface area (Å²) in [7, 11) is 1.53. The molecule has 1 aromatic carbocycles. The molecular formula is C12H14F2N2O3. The van der Waals surface area contributed by atoms with Crippen LogP contribution in [0.3, 0.4) is 0 Å². The first-order valence-electron chi connectivity index (χ1n) is 5.92. The van der Waals surface area contributed by atoms with Crippen molar-refractivity contribution < 1.29 is 18.4 Å². The average Bonchev–Trinajstić information content (AvgIpc) is 3.15. The smallest absolute Gasteiger partial charge is 0.307 e. The standard InChI is InChI=1S/C12H14F2N2O3/c1-19-6-11(7-2-3-7)15-10-5-12(16(17)18)9(14)4-8(10)13/h4-5,7,11,15H,2-3,6H2,1H3. The third-order valence-electron chi connectivity index (χ3n) is 3.11. The SMILES string of the molecule is COCC(Nc1cc([N+](=O)[O-])c(F)cc1F)C1CC1. The molecule has 1 saturated carbocycles. The van der Waals surface area contributed by atoms with Crippen LogP contribution in [0.4, 0.5) is 20.2 Å². The summed E-state index contributed by atoms with van der Waals surface area (Å²) in [4.78, 5) is 9.76. The van der Waals surface area contributed by atoms with Gasteiger partial charge < -0.3 is 10.1 Å². The van der Waals surface area contributed by atoms with Crippen molar-refractivity contribution in [3.8, 4) is 0 Å². The van der Waals surface area contributed by atoms with Gasteiger partial charge in [-0.15, -0.1) is 0 Å². The van der Waals surface area contributed by atoms with E-state index in [2.05, 4.69) is 5.32 Å². The van der Waals surface area contributed by atoms with E-state index in [9.17, 15) is 18.9 Å². The van der Waals surface area contributed by atoms with Crippen molar-refractivity contribution in [2.75, 3.05) is 19.0 Å². The molecule has 1 unspecified atom stereocenters. The van der Waals surface area contributed by atoms with Gasteiger partial charge in [0.2, 0.25) is 5.82 Å². The van der Waals surface area contributed by atoms with Crippen LogP contribution in [0.2, 0.25) is 0 Å². The van der Waals surface area contributed by atoms with Gasteiger partial charge in [-0.05, 0) is 18.8 Å². The fraction of sp³-hybridized carbons (Fsp3) is 0.500. The number of methoxy groups -OCH3 is 1. The van der Waals surface area contributed by atoms with Crippen LogP contribution in [0.1, 0.15) is 12.8 Å². The minimum absolute atomic E-state index is 0.0675. The molecule has 7 heteroatoms. The van der Waals surface area contributed by atoms with Crippen molar-refractivity contribution in [2.24, 2.45) is 5.92 Å². The molecule has 104 valence electrons. The molecule has 0 aliphatic heterocycles. The summed E-state index contributed by atoms with van der Waals surface area (Å²) in [6.45, 7) is 0.370. The summed E-state index contributed by atoms with van der Waals surface area (Å²) >= 11 is 0. The second kappa shape index (κ2) is 5.48. The third-order valence-corrected chi connectivity index (χ3v) is 3.11. The highest BCUT2D eigenvalue weighted by Crippen LogP contribution is 2.35. The van der Waals surface area contributed by atoms with E-state index in [1.807, 2.05) is 0 Å². The Morgan fingerprint density at radius 2 is 2.16 bits per heavy atom. The molecule has 5 nitrogen and oxygen atoms in total. The zero-order valence-corrected chi connectivity index (χ0v) is 10.4. The van der Waals surface area contributed by atoms with Gasteiger partial charge in [-0.2, -0.15) is 4.39 Å². The molecule has 0 aromatic heterocycles. The van der Waals surface area contributed by atoms with Crippen LogP contribution in [0.25, 0.3) is 0 Å². The molecule has 0 spiro atoms. The van der Waals surface area contributed by atoms with E-state index >= 15 is 0 Å². The Balaban J connectivity index is 2.23. The number of nitro groups is 1. The summed E-state index contributed by atoms with van der Waals surface area (Å²) in [6, 6.07) is 1.29. The second-order valence-electron chi connectivity index (χ2n) is 4.58. The Morgan fingerprint density at radius 1 is 1.47 bits per heavy atom. The first-order valence-corrected chi connectivity index (χ1v) is 5.92. The maximum Gasteiger partial charge on any atom is 0.307 e. The Hall–Kier alpha value is -1.76. The first-order chi connectivity index (χ1) is 9.02. The summed E-state index contributed by atoms with van der Waals surface area (Å²) < 4.78 is 31.8. The van der Waals surface area contributed by atoms with Crippen LogP contribution < -0.4 is 5.32 Å². The highest BCUT2D eigenvalue weighted by atomic mass is 19.1. The Kier molecular flexibility index (Phi) is 3.94. The summed E-state index contributed by atoms with van der Waals surface area (Å²) in [6.07, 6.45) is 2.01. The molecule has 1 aliphatic rings. The predicted octanol–water partition coefficient (Wildman–Crippen LogP) is 2.71. The molecular weight excluding hydrogens is 258 g/mol. The van der Waals surface area contributed by atoms with E-state index in [0.717, 1.165) is 18.9 Å². The van der Waals surface area contributed by atoms with Crippen molar-refractivity contribution in [2.45, 2.75) is 18.9 Å². The molecule has 2 rings (SSSR count). The molecule has 1 fully saturated rings. The number of nitro benzene ring substituents is 1. The van der Waals surface area contributed by atoms with Crippen LogP contribution in [-0.4, -0.2) is 24.7 Å². The summed E-state index contributed by atoms with van der Waals surface area (Å²) in [5.41, 5.74) is -0.807. The monoisotopic (exact) mass is 272 g/mol. The van der Waals surface area contributed by atoms with Crippen molar-refractivity contribution in [1.29, 1.82) is 0 Å². The Labute approximate surface area is 108 Å². The van der Waals surface area contributed by atoms with Gasteiger partial charge in [-0.25, -0.2) is 4.39 Å². The van der Waals surface area contributed by atoms with E-state index in [1.54, 1.807) is 0 Å². The van der Waals surface area contributed by atoms with Gasteiger partial charge in [-0.1, -0.05) is 0 Å². The van der Waals surface area contributed by atoms with Crippen molar-refractivity contribution >= 4 is 11.4 Å². The fourth-order valence-electron chi connectivity index (χ4n) is 1.96. The highest BCUT2D eigenvalue weighted by Gasteiger charge is 2.32. The number of rotatable bonds is 6. The van der Waals surface area contributed by atoms with Gasteiger partial charge in [-0.3, -0.25) is 10.1 Å². The van der Waals surface area contributed by atoms with Gasteiger partial charge >= 0.3 is 5.69 Å². The second-order valence-corrected chi connectivity index (χ2v) is 4.58. The quantitative estimate of drug-likeness (QED) is 0.638. The van der Waals surface area contributed by atoms with Gasteiger partial charge in [0.1, 0.15) is 5.82 Å². The first kappa shape index (κ1) is 13.7. The van der Waals surface area contributed by atoms with E-state index in [1.165, 1.54) is 7.11 Å². The number of nitrogens with one attached hydrogen (secondary N) is 1. The van der Waals surface area contributed by atoms with Crippen molar-refractivity contribution in [3.05, 3.63) is 33.9 Å². The lowest BCUT2D eigenvalue weighted by molar-refractivity contribution is -0.387. The molecule has 1 atom stereocenters. The molecule has 1 N–H and O–H groups in total. The third kappa shape index (κ3) is 3.17. The molecule has 0 amide bonds. The zero-order valence-electron chi connectivity index (χ0n) is 10.4. The lowest BCUT2D eigenvalue weighted by atomic mass is 10.1. The zero-order chi connectivity index (χ0) is 14.0. The number of benzene rings is 1. The van der Waals surface area contributed by atoms with E-state index in [0.29, 0.717) is 18.6 Å². The summed E-state index contributed by atoms with van der Waals surface area (Å²) in [5, 5.41) is 13.5. The maximum atomic E-state index is 13.6. The van der Waals surface area contributed by atoms with Crippen LogP contribution in [0, 0.1) is 27.7 Å². The van der Waals surface area contributed by atoms with Gasteiger partial charge in [0.25, 0.3) is 0 Å². The molecule has 0 radical (unpaired) electrons. The maximum absolute atomic E-state index is 13.6. The molecule has 19 heavy (non-hydrogen) atoms. The molecule has 1 aliphatic carbocycles. The lowest BCUT2D eigenvalue weighted by Crippen LogP contribution is -2.27. The summed E-state index contributed by atoms with van der Waals surface area (Å²) in [5.74, 6) is -1.66.